The average Bonchev–Trinajstić information content (AvgIpc) is 2.95. The molecule has 27 heavy (non-hydrogen) atoms. The normalized spacial score (nSPS) is 11.1. The third-order valence-corrected chi connectivity index (χ3v) is 4.59. The van der Waals surface area contributed by atoms with Gasteiger partial charge in [0, 0.05) is 22.6 Å². The summed E-state index contributed by atoms with van der Waals surface area (Å²) in [6, 6.07) is 16.9. The first-order valence-corrected chi connectivity index (χ1v) is 8.91. The number of hydrogen-bond donors (Lipinski definition) is 2. The van der Waals surface area contributed by atoms with Crippen molar-refractivity contribution in [3.63, 3.8) is 0 Å². The second-order valence-corrected chi connectivity index (χ2v) is 6.40. The number of carbonyl (C=O) groups is 1. The van der Waals surface area contributed by atoms with Gasteiger partial charge in [0.05, 0.1) is 11.8 Å². The van der Waals surface area contributed by atoms with Crippen LogP contribution in [0.15, 0.2) is 59.7 Å². The summed E-state index contributed by atoms with van der Waals surface area (Å²) < 4.78 is 2.16. The molecule has 138 valence electrons. The maximum Gasteiger partial charge on any atom is 0.275 e. The van der Waals surface area contributed by atoms with E-state index >= 15 is 0 Å². The summed E-state index contributed by atoms with van der Waals surface area (Å²) in [6.07, 6.45) is 2.63. The molecule has 0 atom stereocenters. The Morgan fingerprint density at radius 3 is 2.52 bits per heavy atom. The zero-order valence-electron chi connectivity index (χ0n) is 15.7. The highest BCUT2D eigenvalue weighted by molar-refractivity contribution is 5.97. The number of aromatic nitrogens is 1. The Kier molecular flexibility index (Phi) is 5.41. The van der Waals surface area contributed by atoms with Gasteiger partial charge in [-0.05, 0) is 56.2 Å². The van der Waals surface area contributed by atoms with Gasteiger partial charge in [0.2, 0.25) is 0 Å². The van der Waals surface area contributed by atoms with Crippen LogP contribution in [-0.2, 0) is 6.42 Å². The van der Waals surface area contributed by atoms with Crippen molar-refractivity contribution in [3.05, 3.63) is 82.7 Å². The van der Waals surface area contributed by atoms with Crippen molar-refractivity contribution in [2.75, 3.05) is 0 Å². The van der Waals surface area contributed by atoms with Gasteiger partial charge >= 0.3 is 0 Å². The third-order valence-electron chi connectivity index (χ3n) is 4.59. The van der Waals surface area contributed by atoms with Gasteiger partial charge < -0.3 is 9.67 Å². The number of hydrogen-bond acceptors (Lipinski definition) is 3. The molecule has 1 heterocycles. The molecule has 5 nitrogen and oxygen atoms in total. The van der Waals surface area contributed by atoms with E-state index in [1.54, 1.807) is 24.4 Å². The Balaban J connectivity index is 1.79. The van der Waals surface area contributed by atoms with Gasteiger partial charge in [0.25, 0.3) is 5.91 Å². The molecule has 1 aromatic heterocycles. The van der Waals surface area contributed by atoms with Crippen LogP contribution in [0.3, 0.4) is 0 Å². The highest BCUT2D eigenvalue weighted by Gasteiger charge is 2.11. The number of rotatable bonds is 5. The van der Waals surface area contributed by atoms with Crippen molar-refractivity contribution in [3.8, 4) is 11.4 Å². The topological polar surface area (TPSA) is 66.6 Å². The second-order valence-electron chi connectivity index (χ2n) is 6.40. The lowest BCUT2D eigenvalue weighted by Crippen LogP contribution is -2.17. The van der Waals surface area contributed by atoms with Gasteiger partial charge in [-0.1, -0.05) is 31.2 Å². The van der Waals surface area contributed by atoms with Crippen LogP contribution < -0.4 is 5.43 Å². The number of benzene rings is 2. The molecule has 0 aliphatic heterocycles. The second kappa shape index (κ2) is 7.91. The van der Waals surface area contributed by atoms with E-state index in [1.165, 1.54) is 11.6 Å². The maximum atomic E-state index is 12.1. The summed E-state index contributed by atoms with van der Waals surface area (Å²) in [5, 5.41) is 13.8. The van der Waals surface area contributed by atoms with Crippen LogP contribution in [0.1, 0.15) is 39.8 Å². The first kappa shape index (κ1) is 18.5. The zero-order chi connectivity index (χ0) is 19.4. The van der Waals surface area contributed by atoms with Gasteiger partial charge in [-0.15, -0.1) is 0 Å². The quantitative estimate of drug-likeness (QED) is 0.530. The van der Waals surface area contributed by atoms with E-state index in [0.29, 0.717) is 0 Å². The highest BCUT2D eigenvalue weighted by atomic mass is 16.3. The Bertz CT molecular complexity index is 985. The van der Waals surface area contributed by atoms with Crippen LogP contribution in [0.4, 0.5) is 0 Å². The molecule has 5 heteroatoms. The Labute approximate surface area is 159 Å². The third kappa shape index (κ3) is 3.92. The molecule has 0 aliphatic rings. The van der Waals surface area contributed by atoms with Crippen molar-refractivity contribution < 1.29 is 9.90 Å². The molecule has 1 amide bonds. The summed E-state index contributed by atoms with van der Waals surface area (Å²) in [5.74, 6) is -0.521. The molecular formula is C22H23N3O2. The minimum atomic E-state index is -0.451. The van der Waals surface area contributed by atoms with Crippen molar-refractivity contribution in [1.29, 1.82) is 0 Å². The number of carbonyl (C=O) groups excluding carboxylic acids is 1. The predicted octanol–water partition coefficient (Wildman–Crippen LogP) is 4.13. The van der Waals surface area contributed by atoms with Gasteiger partial charge in [0.1, 0.15) is 5.75 Å². The van der Waals surface area contributed by atoms with Gasteiger partial charge in [-0.3, -0.25) is 4.79 Å². The molecule has 3 aromatic rings. The summed E-state index contributed by atoms with van der Waals surface area (Å²) in [6.45, 7) is 6.20. The number of nitrogens with one attached hydrogen (secondary N) is 1. The fraction of sp³-hybridized carbons (Fsp3) is 0.182. The van der Waals surface area contributed by atoms with E-state index in [2.05, 4.69) is 46.3 Å². The van der Waals surface area contributed by atoms with Crippen LogP contribution >= 0.6 is 0 Å². The Hall–Kier alpha value is -3.34. The largest absolute Gasteiger partial charge is 0.507 e. The summed E-state index contributed by atoms with van der Waals surface area (Å²) in [4.78, 5) is 12.1. The molecular weight excluding hydrogens is 338 g/mol. The smallest absolute Gasteiger partial charge is 0.275 e. The van der Waals surface area contributed by atoms with Crippen molar-refractivity contribution in [2.45, 2.75) is 27.2 Å². The Morgan fingerprint density at radius 2 is 1.85 bits per heavy atom. The van der Waals surface area contributed by atoms with Crippen LogP contribution in [0.25, 0.3) is 5.69 Å². The molecule has 2 N–H and O–H groups in total. The zero-order valence-corrected chi connectivity index (χ0v) is 15.7. The molecule has 3 rings (SSSR count). The van der Waals surface area contributed by atoms with E-state index in [-0.39, 0.29) is 11.3 Å². The number of para-hydroxylation sites is 1. The summed E-state index contributed by atoms with van der Waals surface area (Å²) >= 11 is 0. The number of hydrazone groups is 1. The SMILES string of the molecule is CCc1ccc(-n2c(C)cc(/C=N/NC(=O)c3ccccc3O)c2C)cc1. The molecule has 0 saturated heterocycles. The van der Waals surface area contributed by atoms with Crippen LogP contribution in [-0.4, -0.2) is 21.8 Å². The van der Waals surface area contributed by atoms with Gasteiger partial charge in [-0.25, -0.2) is 5.43 Å². The molecule has 0 radical (unpaired) electrons. The van der Waals surface area contributed by atoms with Gasteiger partial charge in [-0.2, -0.15) is 5.10 Å². The van der Waals surface area contributed by atoms with Crippen LogP contribution in [0, 0.1) is 13.8 Å². The summed E-state index contributed by atoms with van der Waals surface area (Å²) in [7, 11) is 0. The molecule has 2 aromatic carbocycles. The number of aryl methyl sites for hydroxylation is 2. The number of amides is 1. The monoisotopic (exact) mass is 361 g/mol. The van der Waals surface area contributed by atoms with E-state index in [9.17, 15) is 9.90 Å². The first-order valence-electron chi connectivity index (χ1n) is 8.91. The lowest BCUT2D eigenvalue weighted by molar-refractivity contribution is 0.0952. The number of phenolic OH excluding ortho intramolecular Hbond substituents is 1. The Morgan fingerprint density at radius 1 is 1.15 bits per heavy atom. The van der Waals surface area contributed by atoms with E-state index in [1.807, 2.05) is 19.9 Å². The van der Waals surface area contributed by atoms with Crippen LogP contribution in [0.2, 0.25) is 0 Å². The minimum Gasteiger partial charge on any atom is -0.507 e. The molecule has 0 saturated carbocycles. The number of phenols is 1. The van der Waals surface area contributed by atoms with E-state index in [4.69, 9.17) is 0 Å². The fourth-order valence-corrected chi connectivity index (χ4v) is 3.08. The molecule has 0 spiro atoms. The van der Waals surface area contributed by atoms with Crippen molar-refractivity contribution in [2.24, 2.45) is 5.10 Å². The average molecular weight is 361 g/mol. The summed E-state index contributed by atoms with van der Waals surface area (Å²) in [5.41, 5.74) is 8.10. The first-order chi connectivity index (χ1) is 13.0. The van der Waals surface area contributed by atoms with Gasteiger partial charge in [0.15, 0.2) is 0 Å². The lowest BCUT2D eigenvalue weighted by atomic mass is 10.1. The lowest BCUT2D eigenvalue weighted by Gasteiger charge is -2.10. The standard InChI is InChI=1S/C22H23N3O2/c1-4-17-9-11-19(12-10-17)25-15(2)13-18(16(25)3)14-23-24-22(27)20-7-5-6-8-21(20)26/h5-14,26H,4H2,1-3H3,(H,24,27)/b23-14+. The van der Waals surface area contributed by atoms with Crippen molar-refractivity contribution >= 4 is 12.1 Å². The molecule has 0 unspecified atom stereocenters. The predicted molar refractivity (Wildman–Crippen MR) is 108 cm³/mol. The van der Waals surface area contributed by atoms with Crippen molar-refractivity contribution in [1.82, 2.24) is 9.99 Å². The van der Waals surface area contributed by atoms with E-state index < -0.39 is 5.91 Å². The maximum absolute atomic E-state index is 12.1. The number of nitrogens with zero attached hydrogens (tertiary/aromatic N) is 2. The molecule has 0 aliphatic carbocycles. The highest BCUT2D eigenvalue weighted by Crippen LogP contribution is 2.20. The fourth-order valence-electron chi connectivity index (χ4n) is 3.08. The van der Waals surface area contributed by atoms with E-state index in [0.717, 1.165) is 29.1 Å². The minimum absolute atomic E-state index is 0.0705. The number of aromatic hydroxyl groups is 1. The molecule has 0 fully saturated rings. The van der Waals surface area contributed by atoms with Crippen LogP contribution in [0.5, 0.6) is 5.75 Å². The molecule has 0 bridgehead atoms.